The first-order chi connectivity index (χ1) is 6.27. The molecule has 1 aromatic rings. The molecule has 0 spiro atoms. The molecule has 4 heteroatoms. The van der Waals surface area contributed by atoms with Gasteiger partial charge in [-0.15, -0.1) is 0 Å². The number of esters is 1. The van der Waals surface area contributed by atoms with Gasteiger partial charge in [0, 0.05) is 6.54 Å². The van der Waals surface area contributed by atoms with Gasteiger partial charge in [0.15, 0.2) is 0 Å². The van der Waals surface area contributed by atoms with Crippen molar-refractivity contribution in [3.05, 3.63) is 35.4 Å². The first-order valence-electron chi connectivity index (χ1n) is 3.94. The van der Waals surface area contributed by atoms with E-state index >= 15 is 0 Å². The largest absolute Gasteiger partial charge is 0.446 e. The highest BCUT2D eigenvalue weighted by Gasteiger charge is 2.05. The van der Waals surface area contributed by atoms with Gasteiger partial charge in [0.1, 0.15) is 6.73 Å². The highest BCUT2D eigenvalue weighted by Crippen LogP contribution is 2.05. The van der Waals surface area contributed by atoms with E-state index in [4.69, 9.17) is 11.5 Å². The Kier molecular flexibility index (Phi) is 3.42. The molecule has 0 bridgehead atoms. The Bertz CT molecular complexity index is 299. The molecule has 0 fully saturated rings. The van der Waals surface area contributed by atoms with Gasteiger partial charge in [0.05, 0.1) is 5.56 Å². The molecular formula is C9H12N2O2. The van der Waals surface area contributed by atoms with Crippen molar-refractivity contribution in [3.8, 4) is 0 Å². The monoisotopic (exact) mass is 180 g/mol. The molecule has 0 atom stereocenters. The molecule has 0 aliphatic heterocycles. The lowest BCUT2D eigenvalue weighted by atomic mass is 10.1. The fourth-order valence-corrected chi connectivity index (χ4v) is 0.984. The number of ether oxygens (including phenoxy) is 1. The van der Waals surface area contributed by atoms with Crippen molar-refractivity contribution < 1.29 is 9.53 Å². The molecular weight excluding hydrogens is 168 g/mol. The minimum absolute atomic E-state index is 0.105. The van der Waals surface area contributed by atoms with E-state index in [9.17, 15) is 4.79 Å². The summed E-state index contributed by atoms with van der Waals surface area (Å²) in [5, 5.41) is 0. The third kappa shape index (κ3) is 2.54. The van der Waals surface area contributed by atoms with Crippen LogP contribution in [0.2, 0.25) is 0 Å². The Balaban J connectivity index is 2.82. The lowest BCUT2D eigenvalue weighted by Gasteiger charge is -2.02. The Morgan fingerprint density at radius 1 is 1.38 bits per heavy atom. The van der Waals surface area contributed by atoms with E-state index in [0.717, 1.165) is 5.56 Å². The molecule has 4 N–H and O–H groups in total. The van der Waals surface area contributed by atoms with Gasteiger partial charge in [-0.3, -0.25) is 5.73 Å². The van der Waals surface area contributed by atoms with Gasteiger partial charge in [-0.05, 0) is 17.7 Å². The first kappa shape index (κ1) is 9.70. The summed E-state index contributed by atoms with van der Waals surface area (Å²) in [6.07, 6.45) is 0. The SMILES string of the molecule is NCOC(=O)c1cccc(CN)c1. The van der Waals surface area contributed by atoms with E-state index in [1.807, 2.05) is 6.07 Å². The number of benzene rings is 1. The average Bonchev–Trinajstić information content (AvgIpc) is 2.18. The van der Waals surface area contributed by atoms with Crippen LogP contribution in [0.25, 0.3) is 0 Å². The molecule has 0 saturated heterocycles. The van der Waals surface area contributed by atoms with E-state index in [1.54, 1.807) is 18.2 Å². The number of nitrogens with two attached hydrogens (primary N) is 2. The van der Waals surface area contributed by atoms with Crippen molar-refractivity contribution in [3.63, 3.8) is 0 Å². The van der Waals surface area contributed by atoms with Crippen molar-refractivity contribution in [1.29, 1.82) is 0 Å². The highest BCUT2D eigenvalue weighted by molar-refractivity contribution is 5.89. The van der Waals surface area contributed by atoms with Crippen molar-refractivity contribution in [2.24, 2.45) is 11.5 Å². The molecule has 0 aliphatic carbocycles. The fraction of sp³-hybridized carbons (Fsp3) is 0.222. The maximum Gasteiger partial charge on any atom is 0.339 e. The summed E-state index contributed by atoms with van der Waals surface area (Å²) in [7, 11) is 0. The summed E-state index contributed by atoms with van der Waals surface area (Å²) < 4.78 is 4.63. The van der Waals surface area contributed by atoms with Crippen LogP contribution in [0.15, 0.2) is 24.3 Å². The Labute approximate surface area is 76.5 Å². The standard InChI is InChI=1S/C9H12N2O2/c10-5-7-2-1-3-8(4-7)9(12)13-6-11/h1-4H,5-6,10-11H2. The van der Waals surface area contributed by atoms with E-state index in [2.05, 4.69) is 4.74 Å². The van der Waals surface area contributed by atoms with Crippen LogP contribution in [-0.4, -0.2) is 12.7 Å². The van der Waals surface area contributed by atoms with Gasteiger partial charge >= 0.3 is 5.97 Å². The fourth-order valence-electron chi connectivity index (χ4n) is 0.984. The number of carbonyl (C=O) groups excluding carboxylic acids is 1. The summed E-state index contributed by atoms with van der Waals surface area (Å²) >= 11 is 0. The van der Waals surface area contributed by atoms with Crippen molar-refractivity contribution >= 4 is 5.97 Å². The lowest BCUT2D eigenvalue weighted by molar-refractivity contribution is 0.0515. The summed E-state index contributed by atoms with van der Waals surface area (Å²) in [5.41, 5.74) is 11.9. The van der Waals surface area contributed by atoms with E-state index < -0.39 is 5.97 Å². The van der Waals surface area contributed by atoms with Crippen LogP contribution in [0.3, 0.4) is 0 Å². The Hall–Kier alpha value is -1.39. The van der Waals surface area contributed by atoms with Crippen LogP contribution >= 0.6 is 0 Å². The van der Waals surface area contributed by atoms with Gasteiger partial charge in [-0.1, -0.05) is 12.1 Å². The zero-order valence-corrected chi connectivity index (χ0v) is 7.19. The van der Waals surface area contributed by atoms with Gasteiger partial charge in [-0.2, -0.15) is 0 Å². The Morgan fingerprint density at radius 3 is 2.77 bits per heavy atom. The summed E-state index contributed by atoms with van der Waals surface area (Å²) in [6, 6.07) is 6.96. The third-order valence-electron chi connectivity index (χ3n) is 1.61. The lowest BCUT2D eigenvalue weighted by Crippen LogP contribution is -2.12. The highest BCUT2D eigenvalue weighted by atomic mass is 16.5. The van der Waals surface area contributed by atoms with Crippen LogP contribution in [0.1, 0.15) is 15.9 Å². The van der Waals surface area contributed by atoms with Crippen molar-refractivity contribution in [2.75, 3.05) is 6.73 Å². The molecule has 4 nitrogen and oxygen atoms in total. The van der Waals surface area contributed by atoms with Gasteiger partial charge in [0.2, 0.25) is 0 Å². The summed E-state index contributed by atoms with van der Waals surface area (Å²) in [4.78, 5) is 11.2. The second-order valence-electron chi connectivity index (χ2n) is 2.50. The van der Waals surface area contributed by atoms with Crippen LogP contribution < -0.4 is 11.5 Å². The topological polar surface area (TPSA) is 78.3 Å². The van der Waals surface area contributed by atoms with Crippen LogP contribution in [0, 0.1) is 0 Å². The zero-order chi connectivity index (χ0) is 9.68. The quantitative estimate of drug-likeness (QED) is 0.515. The predicted molar refractivity (Wildman–Crippen MR) is 48.8 cm³/mol. The molecule has 0 saturated carbocycles. The first-order valence-corrected chi connectivity index (χ1v) is 3.94. The molecule has 1 rings (SSSR count). The second-order valence-corrected chi connectivity index (χ2v) is 2.50. The molecule has 0 aliphatic rings. The summed E-state index contributed by atoms with van der Waals surface area (Å²) in [5.74, 6) is -0.419. The number of rotatable bonds is 3. The number of hydrogen-bond acceptors (Lipinski definition) is 4. The minimum Gasteiger partial charge on any atom is -0.446 e. The maximum absolute atomic E-state index is 11.2. The molecule has 70 valence electrons. The molecule has 0 unspecified atom stereocenters. The second kappa shape index (κ2) is 4.59. The van der Waals surface area contributed by atoms with Crippen molar-refractivity contribution in [2.45, 2.75) is 6.54 Å². The van der Waals surface area contributed by atoms with Gasteiger partial charge in [0.25, 0.3) is 0 Å². The molecule has 0 heterocycles. The smallest absolute Gasteiger partial charge is 0.339 e. The normalized spacial score (nSPS) is 9.69. The molecule has 13 heavy (non-hydrogen) atoms. The van der Waals surface area contributed by atoms with Gasteiger partial charge in [-0.25, -0.2) is 4.79 Å². The third-order valence-corrected chi connectivity index (χ3v) is 1.61. The van der Waals surface area contributed by atoms with E-state index in [1.165, 1.54) is 0 Å². The molecule has 0 aromatic heterocycles. The van der Waals surface area contributed by atoms with E-state index in [0.29, 0.717) is 12.1 Å². The predicted octanol–water partition coefficient (Wildman–Crippen LogP) is 0.218. The number of hydrogen-bond donors (Lipinski definition) is 2. The van der Waals surface area contributed by atoms with E-state index in [-0.39, 0.29) is 6.73 Å². The maximum atomic E-state index is 11.2. The zero-order valence-electron chi connectivity index (χ0n) is 7.19. The molecule has 0 amide bonds. The Morgan fingerprint density at radius 2 is 2.15 bits per heavy atom. The molecule has 0 radical (unpaired) electrons. The average molecular weight is 180 g/mol. The summed E-state index contributed by atoms with van der Waals surface area (Å²) in [6.45, 7) is 0.301. The van der Waals surface area contributed by atoms with Crippen LogP contribution in [0.4, 0.5) is 0 Å². The van der Waals surface area contributed by atoms with Crippen LogP contribution in [0.5, 0.6) is 0 Å². The van der Waals surface area contributed by atoms with Crippen molar-refractivity contribution in [1.82, 2.24) is 0 Å². The molecule has 1 aromatic carbocycles. The minimum atomic E-state index is -0.419. The van der Waals surface area contributed by atoms with Crippen LogP contribution in [-0.2, 0) is 11.3 Å². The van der Waals surface area contributed by atoms with Gasteiger partial charge < -0.3 is 10.5 Å². The number of carbonyl (C=O) groups is 1.